The topological polar surface area (TPSA) is 52.7 Å². The normalized spacial score (nSPS) is 23.8. The minimum absolute atomic E-state index is 0.0362. The highest BCUT2D eigenvalue weighted by Gasteiger charge is 2.41. The van der Waals surface area contributed by atoms with Gasteiger partial charge in [-0.25, -0.2) is 0 Å². The van der Waals surface area contributed by atoms with E-state index in [-0.39, 0.29) is 24.4 Å². The van der Waals surface area contributed by atoms with Crippen molar-refractivity contribution in [2.45, 2.75) is 37.0 Å². The predicted molar refractivity (Wildman–Crippen MR) is 116 cm³/mol. The second-order valence-electron chi connectivity index (χ2n) is 7.65. The highest BCUT2D eigenvalue weighted by atomic mass is 35.5. The summed E-state index contributed by atoms with van der Waals surface area (Å²) in [6.45, 7) is 1.50. The molecule has 1 aliphatic carbocycles. The number of halogens is 1. The van der Waals surface area contributed by atoms with E-state index in [1.807, 2.05) is 49.3 Å². The van der Waals surface area contributed by atoms with Gasteiger partial charge in [-0.15, -0.1) is 11.8 Å². The molecule has 1 heterocycles. The van der Waals surface area contributed by atoms with Crippen LogP contribution < -0.4 is 5.32 Å². The molecule has 28 heavy (non-hydrogen) atoms. The van der Waals surface area contributed by atoms with Crippen molar-refractivity contribution in [2.75, 3.05) is 33.7 Å². The van der Waals surface area contributed by atoms with Gasteiger partial charge in [-0.2, -0.15) is 0 Å². The highest BCUT2D eigenvalue weighted by molar-refractivity contribution is 8.04. The highest BCUT2D eigenvalue weighted by Crippen LogP contribution is 2.42. The molecule has 0 aromatic heterocycles. The fourth-order valence-electron chi connectivity index (χ4n) is 3.70. The lowest BCUT2D eigenvalue weighted by Gasteiger charge is -2.43. The summed E-state index contributed by atoms with van der Waals surface area (Å²) in [5, 5.41) is 3.97. The number of amides is 2. The molecule has 1 saturated heterocycles. The van der Waals surface area contributed by atoms with Crippen molar-refractivity contribution in [2.24, 2.45) is 0 Å². The van der Waals surface area contributed by atoms with Gasteiger partial charge in [0.1, 0.15) is 6.54 Å². The lowest BCUT2D eigenvalue weighted by atomic mass is 9.93. The van der Waals surface area contributed by atoms with Crippen molar-refractivity contribution in [1.82, 2.24) is 15.1 Å². The van der Waals surface area contributed by atoms with Crippen LogP contribution in [0, 0.1) is 0 Å². The maximum Gasteiger partial charge on any atom is 0.261 e. The molecule has 3 rings (SSSR count). The maximum atomic E-state index is 13.2. The number of carbonyl (C=O) groups is 2. The van der Waals surface area contributed by atoms with Crippen molar-refractivity contribution in [3.05, 3.63) is 39.8 Å². The van der Waals surface area contributed by atoms with E-state index in [4.69, 9.17) is 11.6 Å². The number of fused-ring (bicyclic) bond motifs is 1. The van der Waals surface area contributed by atoms with Crippen LogP contribution in [0.1, 0.15) is 31.2 Å². The molecule has 1 aromatic rings. The van der Waals surface area contributed by atoms with Gasteiger partial charge in [0.25, 0.3) is 5.91 Å². The van der Waals surface area contributed by atoms with Crippen LogP contribution in [0.15, 0.2) is 29.2 Å². The molecule has 0 radical (unpaired) electrons. The number of hydrogen-bond acceptors (Lipinski definition) is 4. The summed E-state index contributed by atoms with van der Waals surface area (Å²) < 4.78 is 0. The first-order chi connectivity index (χ1) is 13.4. The Balaban J connectivity index is 1.75. The van der Waals surface area contributed by atoms with E-state index in [1.54, 1.807) is 16.7 Å². The number of carbonyl (C=O) groups excluding carboxylic acids is 2. The first-order valence-corrected chi connectivity index (χ1v) is 11.1. The quantitative estimate of drug-likeness (QED) is 0.716. The average molecular weight is 422 g/mol. The molecular formula is C21H28ClN3O2S. The second kappa shape index (κ2) is 9.81. The summed E-state index contributed by atoms with van der Waals surface area (Å²) in [6, 6.07) is 7.62. The Kier molecular flexibility index (Phi) is 7.43. The Morgan fingerprint density at radius 2 is 2.00 bits per heavy atom. The van der Waals surface area contributed by atoms with E-state index in [1.165, 1.54) is 6.42 Å². The Bertz CT molecular complexity index is 736. The van der Waals surface area contributed by atoms with Crippen molar-refractivity contribution in [3.8, 4) is 0 Å². The first-order valence-electron chi connectivity index (χ1n) is 9.80. The fourth-order valence-corrected chi connectivity index (χ4v) is 5.30. The first kappa shape index (κ1) is 21.2. The van der Waals surface area contributed by atoms with E-state index in [0.717, 1.165) is 31.4 Å². The minimum Gasteiger partial charge on any atom is -0.353 e. The molecule has 2 unspecified atom stereocenters. The molecule has 2 fully saturated rings. The molecule has 5 nitrogen and oxygen atoms in total. The van der Waals surface area contributed by atoms with Gasteiger partial charge < -0.3 is 15.1 Å². The van der Waals surface area contributed by atoms with Crippen LogP contribution in [-0.4, -0.2) is 66.6 Å². The second-order valence-corrected chi connectivity index (χ2v) is 9.37. The number of nitrogens with zero attached hydrogens (tertiary/aromatic N) is 2. The van der Waals surface area contributed by atoms with Crippen molar-refractivity contribution in [1.29, 1.82) is 0 Å². The van der Waals surface area contributed by atoms with Gasteiger partial charge in [0, 0.05) is 29.4 Å². The van der Waals surface area contributed by atoms with Gasteiger partial charge in [-0.1, -0.05) is 36.6 Å². The van der Waals surface area contributed by atoms with Crippen LogP contribution in [-0.2, 0) is 9.59 Å². The lowest BCUT2D eigenvalue weighted by molar-refractivity contribution is -0.135. The van der Waals surface area contributed by atoms with Crippen molar-refractivity contribution < 1.29 is 9.59 Å². The summed E-state index contributed by atoms with van der Waals surface area (Å²) in [4.78, 5) is 30.2. The molecular weight excluding hydrogens is 394 g/mol. The number of thioether (sulfide) groups is 1. The smallest absolute Gasteiger partial charge is 0.261 e. The Morgan fingerprint density at radius 1 is 1.29 bits per heavy atom. The molecule has 2 atom stereocenters. The molecule has 7 heteroatoms. The summed E-state index contributed by atoms with van der Waals surface area (Å²) in [5.41, 5.74) is 0.949. The molecule has 1 aromatic carbocycles. The van der Waals surface area contributed by atoms with Gasteiger partial charge in [0.15, 0.2) is 0 Å². The van der Waals surface area contributed by atoms with Crippen LogP contribution in [0.5, 0.6) is 0 Å². The Hall–Kier alpha value is -1.50. The largest absolute Gasteiger partial charge is 0.353 e. The molecule has 152 valence electrons. The van der Waals surface area contributed by atoms with Crippen molar-refractivity contribution in [3.63, 3.8) is 0 Å². The SMILES string of the molecule is CN(C)CCNC(=O)CN1C(=O)/C(=C\c2ccc(Cl)cc2)SC2CCCCC21. The molecule has 0 spiro atoms. The van der Waals surface area contributed by atoms with Crippen molar-refractivity contribution >= 4 is 41.3 Å². The van der Waals surface area contributed by atoms with Gasteiger partial charge in [0.05, 0.1) is 4.91 Å². The number of nitrogens with one attached hydrogen (secondary N) is 1. The third-order valence-electron chi connectivity index (χ3n) is 5.18. The number of hydrogen-bond donors (Lipinski definition) is 1. The molecule has 0 bridgehead atoms. The number of benzene rings is 1. The zero-order chi connectivity index (χ0) is 20.1. The standard InChI is InChI=1S/C21H28ClN3O2S/c1-24(2)12-11-23-20(26)14-25-17-5-3-4-6-18(17)28-19(21(25)27)13-15-7-9-16(22)10-8-15/h7-10,13,17-18H,3-6,11-12,14H2,1-2H3,(H,23,26)/b19-13+. The van der Waals surface area contributed by atoms with Gasteiger partial charge in [0.2, 0.25) is 5.91 Å². The average Bonchev–Trinajstić information content (AvgIpc) is 2.66. The van der Waals surface area contributed by atoms with Gasteiger partial charge in [-0.3, -0.25) is 9.59 Å². The van der Waals surface area contributed by atoms with Crippen LogP contribution in [0.25, 0.3) is 6.08 Å². The third kappa shape index (κ3) is 5.52. The van der Waals surface area contributed by atoms with Crippen LogP contribution in [0.2, 0.25) is 5.02 Å². The molecule has 1 saturated carbocycles. The number of rotatable bonds is 6. The fraction of sp³-hybridized carbons (Fsp3) is 0.524. The summed E-state index contributed by atoms with van der Waals surface area (Å²) in [5.74, 6) is -0.122. The van der Waals surface area contributed by atoms with Crippen LogP contribution >= 0.6 is 23.4 Å². The summed E-state index contributed by atoms with van der Waals surface area (Å²) in [6.07, 6.45) is 6.27. The number of likely N-dealkylation sites (N-methyl/N-ethyl adjacent to an activating group) is 1. The Morgan fingerprint density at radius 3 is 2.71 bits per heavy atom. The third-order valence-corrected chi connectivity index (χ3v) is 6.83. The van der Waals surface area contributed by atoms with E-state index in [2.05, 4.69) is 5.32 Å². The predicted octanol–water partition coefficient (Wildman–Crippen LogP) is 3.25. The lowest BCUT2D eigenvalue weighted by Crippen LogP contribution is -2.54. The van der Waals surface area contributed by atoms with Gasteiger partial charge in [-0.05, 0) is 50.7 Å². The zero-order valence-corrected chi connectivity index (χ0v) is 18.1. The zero-order valence-electron chi connectivity index (χ0n) is 16.5. The maximum absolute atomic E-state index is 13.2. The van der Waals surface area contributed by atoms with Crippen LogP contribution in [0.3, 0.4) is 0 Å². The van der Waals surface area contributed by atoms with E-state index >= 15 is 0 Å². The van der Waals surface area contributed by atoms with Gasteiger partial charge >= 0.3 is 0 Å². The monoisotopic (exact) mass is 421 g/mol. The van der Waals surface area contributed by atoms with E-state index in [0.29, 0.717) is 21.7 Å². The van der Waals surface area contributed by atoms with E-state index in [9.17, 15) is 9.59 Å². The molecule has 1 N–H and O–H groups in total. The van der Waals surface area contributed by atoms with Crippen LogP contribution in [0.4, 0.5) is 0 Å². The summed E-state index contributed by atoms with van der Waals surface area (Å²) >= 11 is 7.64. The minimum atomic E-state index is -0.0859. The van der Waals surface area contributed by atoms with E-state index < -0.39 is 0 Å². The summed E-state index contributed by atoms with van der Waals surface area (Å²) in [7, 11) is 3.94. The molecule has 1 aliphatic heterocycles. The molecule has 2 aliphatic rings. The Labute approximate surface area is 176 Å². The molecule has 2 amide bonds.